The van der Waals surface area contributed by atoms with Crippen molar-refractivity contribution in [1.29, 1.82) is 0 Å². The maximum atomic E-state index is 11.4. The number of methoxy groups -OCH3 is 1. The second-order valence-electron chi connectivity index (χ2n) is 6.77. The van der Waals surface area contributed by atoms with E-state index in [2.05, 4.69) is 0 Å². The summed E-state index contributed by atoms with van der Waals surface area (Å²) in [4.78, 5) is 11.4. The van der Waals surface area contributed by atoms with E-state index in [1.54, 1.807) is 7.11 Å². The zero-order valence-corrected chi connectivity index (χ0v) is 15.7. The van der Waals surface area contributed by atoms with Gasteiger partial charge in [0.25, 0.3) is 0 Å². The van der Waals surface area contributed by atoms with Crippen LogP contribution >= 0.6 is 0 Å². The van der Waals surface area contributed by atoms with E-state index in [1.807, 2.05) is 60.7 Å². The summed E-state index contributed by atoms with van der Waals surface area (Å²) in [5.74, 6) is -0.631. The van der Waals surface area contributed by atoms with Crippen molar-refractivity contribution in [1.82, 2.24) is 0 Å². The molecule has 1 saturated heterocycles. The third-order valence-electron chi connectivity index (χ3n) is 5.13. The fourth-order valence-electron chi connectivity index (χ4n) is 3.99. The fourth-order valence-corrected chi connectivity index (χ4v) is 3.99. The number of aliphatic hydroxyl groups is 1. The predicted octanol–water partition coefficient (Wildman–Crippen LogP) is 2.89. The first-order valence-corrected chi connectivity index (χ1v) is 9.18. The number of carbonyl (C=O) groups is 1. The molecule has 1 aliphatic rings. The molecular weight excluding hydrogens is 344 g/mol. The first-order chi connectivity index (χ1) is 13.2. The Morgan fingerprint density at radius 1 is 0.963 bits per heavy atom. The summed E-state index contributed by atoms with van der Waals surface area (Å²) in [7, 11) is 1.68. The highest BCUT2D eigenvalue weighted by Gasteiger charge is 2.47. The van der Waals surface area contributed by atoms with Crippen molar-refractivity contribution in [2.45, 2.75) is 37.1 Å². The summed E-state index contributed by atoms with van der Waals surface area (Å²) in [6, 6.07) is 19.9. The number of aliphatic hydroxyl groups excluding tert-OH is 1. The Bertz CT molecular complexity index is 718. The van der Waals surface area contributed by atoms with Crippen molar-refractivity contribution in [3.05, 3.63) is 71.8 Å². The van der Waals surface area contributed by atoms with E-state index >= 15 is 0 Å². The average molecular weight is 370 g/mol. The first kappa shape index (κ1) is 19.5. The standard InChI is InChI=1S/C22H26O5/c1-15(24)26-14-19-21(17-11-7-4-8-12-17)22(25-2)20(18(13-23)27-19)16-9-5-3-6-10-16/h3-12,18-23H,13-14H2,1-2H3/t18-,19+,20+,21-,22+/m0/s1. The summed E-state index contributed by atoms with van der Waals surface area (Å²) in [5.41, 5.74) is 2.11. The molecule has 144 valence electrons. The molecule has 3 rings (SSSR count). The number of rotatable bonds is 6. The van der Waals surface area contributed by atoms with Crippen LogP contribution in [0.15, 0.2) is 60.7 Å². The van der Waals surface area contributed by atoms with Crippen LogP contribution in [0.25, 0.3) is 0 Å². The van der Waals surface area contributed by atoms with Crippen molar-refractivity contribution in [3.63, 3.8) is 0 Å². The van der Waals surface area contributed by atoms with Gasteiger partial charge in [-0.1, -0.05) is 60.7 Å². The molecule has 2 aromatic rings. The highest BCUT2D eigenvalue weighted by molar-refractivity contribution is 5.65. The summed E-state index contributed by atoms with van der Waals surface area (Å²) < 4.78 is 17.5. The van der Waals surface area contributed by atoms with Gasteiger partial charge in [0.1, 0.15) is 12.7 Å². The smallest absolute Gasteiger partial charge is 0.302 e. The van der Waals surface area contributed by atoms with Crippen molar-refractivity contribution < 1.29 is 24.1 Å². The Morgan fingerprint density at radius 3 is 1.93 bits per heavy atom. The van der Waals surface area contributed by atoms with Crippen LogP contribution in [0.3, 0.4) is 0 Å². The van der Waals surface area contributed by atoms with E-state index in [4.69, 9.17) is 14.2 Å². The maximum Gasteiger partial charge on any atom is 0.302 e. The van der Waals surface area contributed by atoms with Crippen LogP contribution in [0.1, 0.15) is 29.9 Å². The Labute approximate surface area is 159 Å². The minimum atomic E-state index is -0.446. The lowest BCUT2D eigenvalue weighted by atomic mass is 9.74. The van der Waals surface area contributed by atoms with E-state index in [9.17, 15) is 9.90 Å². The molecule has 0 spiro atoms. The second-order valence-corrected chi connectivity index (χ2v) is 6.77. The zero-order valence-electron chi connectivity index (χ0n) is 15.7. The third-order valence-corrected chi connectivity index (χ3v) is 5.13. The number of carbonyl (C=O) groups excluding carboxylic acids is 1. The van der Waals surface area contributed by atoms with Gasteiger partial charge in [0.2, 0.25) is 0 Å². The molecule has 0 unspecified atom stereocenters. The number of benzene rings is 2. The van der Waals surface area contributed by atoms with Gasteiger partial charge in [-0.05, 0) is 11.1 Å². The number of ether oxygens (including phenoxy) is 3. The molecule has 0 aromatic heterocycles. The van der Waals surface area contributed by atoms with E-state index in [0.29, 0.717) is 0 Å². The molecular formula is C22H26O5. The minimum absolute atomic E-state index is 0.118. The van der Waals surface area contributed by atoms with Crippen LogP contribution in [0, 0.1) is 0 Å². The van der Waals surface area contributed by atoms with Crippen molar-refractivity contribution in [3.8, 4) is 0 Å². The van der Waals surface area contributed by atoms with Crippen LogP contribution in [0.4, 0.5) is 0 Å². The fraction of sp³-hybridized carbons (Fsp3) is 0.409. The van der Waals surface area contributed by atoms with Gasteiger partial charge in [0.15, 0.2) is 0 Å². The monoisotopic (exact) mass is 370 g/mol. The van der Waals surface area contributed by atoms with Gasteiger partial charge in [-0.25, -0.2) is 0 Å². The van der Waals surface area contributed by atoms with Gasteiger partial charge in [0.05, 0.1) is 18.8 Å². The lowest BCUT2D eigenvalue weighted by Crippen LogP contribution is -2.52. The SMILES string of the molecule is CO[C@H]1[C@@H](c2ccccc2)[C@@H](COC(C)=O)O[C@@H](CO)[C@H]1c1ccccc1. The molecule has 5 heteroatoms. The Hall–Kier alpha value is -2.21. The normalized spacial score (nSPS) is 27.9. The summed E-state index contributed by atoms with van der Waals surface area (Å²) in [6.07, 6.45) is -1.09. The Balaban J connectivity index is 2.01. The molecule has 1 heterocycles. The molecule has 27 heavy (non-hydrogen) atoms. The molecule has 2 aromatic carbocycles. The van der Waals surface area contributed by atoms with Gasteiger partial charge in [-0.3, -0.25) is 4.79 Å². The van der Waals surface area contributed by atoms with Gasteiger partial charge >= 0.3 is 5.97 Å². The average Bonchev–Trinajstić information content (AvgIpc) is 2.72. The van der Waals surface area contributed by atoms with Crippen LogP contribution in [-0.4, -0.2) is 49.7 Å². The van der Waals surface area contributed by atoms with Gasteiger partial charge < -0.3 is 19.3 Å². The second kappa shape index (κ2) is 9.13. The highest BCUT2D eigenvalue weighted by atomic mass is 16.6. The molecule has 1 N–H and O–H groups in total. The Morgan fingerprint density at radius 2 is 1.48 bits per heavy atom. The molecule has 1 fully saturated rings. The third kappa shape index (κ3) is 4.38. The van der Waals surface area contributed by atoms with Crippen molar-refractivity contribution in [2.75, 3.05) is 20.3 Å². The molecule has 0 saturated carbocycles. The van der Waals surface area contributed by atoms with Gasteiger partial charge in [-0.2, -0.15) is 0 Å². The van der Waals surface area contributed by atoms with Gasteiger partial charge in [0, 0.05) is 25.9 Å². The van der Waals surface area contributed by atoms with E-state index in [-0.39, 0.29) is 37.1 Å². The predicted molar refractivity (Wildman–Crippen MR) is 102 cm³/mol. The van der Waals surface area contributed by atoms with Crippen molar-refractivity contribution >= 4 is 5.97 Å². The number of hydrogen-bond acceptors (Lipinski definition) is 5. The number of hydrogen-bond donors (Lipinski definition) is 1. The summed E-state index contributed by atoms with van der Waals surface area (Å²) in [5, 5.41) is 10.00. The highest BCUT2D eigenvalue weighted by Crippen LogP contribution is 2.43. The van der Waals surface area contributed by atoms with Crippen LogP contribution in [0.2, 0.25) is 0 Å². The largest absolute Gasteiger partial charge is 0.463 e. The first-order valence-electron chi connectivity index (χ1n) is 9.18. The van der Waals surface area contributed by atoms with Crippen LogP contribution in [-0.2, 0) is 19.0 Å². The van der Waals surface area contributed by atoms with Crippen LogP contribution < -0.4 is 0 Å². The van der Waals surface area contributed by atoms with E-state index < -0.39 is 12.2 Å². The summed E-state index contributed by atoms with van der Waals surface area (Å²) >= 11 is 0. The summed E-state index contributed by atoms with van der Waals surface area (Å²) in [6.45, 7) is 1.36. The Kier molecular flexibility index (Phi) is 6.61. The maximum absolute atomic E-state index is 11.4. The zero-order chi connectivity index (χ0) is 19.2. The lowest BCUT2D eigenvalue weighted by Gasteiger charge is -2.46. The minimum Gasteiger partial charge on any atom is -0.463 e. The van der Waals surface area contributed by atoms with E-state index in [1.165, 1.54) is 6.92 Å². The molecule has 0 aliphatic carbocycles. The molecule has 0 radical (unpaired) electrons. The van der Waals surface area contributed by atoms with Gasteiger partial charge in [-0.15, -0.1) is 0 Å². The molecule has 5 atom stereocenters. The molecule has 5 nitrogen and oxygen atoms in total. The quantitative estimate of drug-likeness (QED) is 0.792. The van der Waals surface area contributed by atoms with E-state index in [0.717, 1.165) is 11.1 Å². The molecule has 1 aliphatic heterocycles. The van der Waals surface area contributed by atoms with Crippen LogP contribution in [0.5, 0.6) is 0 Å². The lowest BCUT2D eigenvalue weighted by molar-refractivity contribution is -0.174. The molecule has 0 bridgehead atoms. The number of esters is 1. The van der Waals surface area contributed by atoms with Crippen molar-refractivity contribution in [2.24, 2.45) is 0 Å². The topological polar surface area (TPSA) is 65.0 Å². The molecule has 0 amide bonds.